The summed E-state index contributed by atoms with van der Waals surface area (Å²) >= 11 is 0. The number of piperazine rings is 1. The molecule has 0 saturated carbocycles. The van der Waals surface area contributed by atoms with Crippen molar-refractivity contribution in [3.05, 3.63) is 35.4 Å². The number of esters is 1. The summed E-state index contributed by atoms with van der Waals surface area (Å²) in [4.78, 5) is 27.7. The summed E-state index contributed by atoms with van der Waals surface area (Å²) < 4.78 is 10.2. The maximum Gasteiger partial charge on any atom is 0.410 e. The van der Waals surface area contributed by atoms with E-state index in [1.165, 1.54) is 7.11 Å². The lowest BCUT2D eigenvalue weighted by molar-refractivity contribution is 0.0138. The highest BCUT2D eigenvalue weighted by Gasteiger charge is 2.25. The molecule has 0 radical (unpaired) electrons. The van der Waals surface area contributed by atoms with E-state index in [4.69, 9.17) is 9.47 Å². The van der Waals surface area contributed by atoms with E-state index in [-0.39, 0.29) is 12.1 Å². The van der Waals surface area contributed by atoms with E-state index >= 15 is 0 Å². The SMILES string of the molecule is COC(=O)c1cccc(CN2CCN(C(=O)OC(C)(C)C)CC2)c1. The highest BCUT2D eigenvalue weighted by Crippen LogP contribution is 2.14. The lowest BCUT2D eigenvalue weighted by atomic mass is 10.1. The van der Waals surface area contributed by atoms with Gasteiger partial charge in [0.15, 0.2) is 0 Å². The van der Waals surface area contributed by atoms with Crippen LogP contribution in [0.15, 0.2) is 24.3 Å². The molecule has 0 unspecified atom stereocenters. The predicted octanol–water partition coefficient (Wildman–Crippen LogP) is 2.53. The molecule has 1 fully saturated rings. The Morgan fingerprint density at radius 2 is 1.79 bits per heavy atom. The minimum atomic E-state index is -0.470. The molecule has 1 aliphatic rings. The van der Waals surface area contributed by atoms with Crippen LogP contribution in [0.3, 0.4) is 0 Å². The molecule has 0 N–H and O–H groups in total. The normalized spacial score (nSPS) is 15.9. The highest BCUT2D eigenvalue weighted by atomic mass is 16.6. The Bertz CT molecular complexity index is 587. The van der Waals surface area contributed by atoms with Crippen molar-refractivity contribution in [1.29, 1.82) is 0 Å². The van der Waals surface area contributed by atoms with E-state index in [0.717, 1.165) is 25.2 Å². The molecule has 1 amide bonds. The van der Waals surface area contributed by atoms with Crippen molar-refractivity contribution in [2.45, 2.75) is 32.9 Å². The average Bonchev–Trinajstić information content (AvgIpc) is 2.53. The first-order valence-electron chi connectivity index (χ1n) is 8.16. The molecule has 1 aromatic rings. The van der Waals surface area contributed by atoms with Gasteiger partial charge in [0.25, 0.3) is 0 Å². The molecule has 0 aromatic heterocycles. The summed E-state index contributed by atoms with van der Waals surface area (Å²) in [5.41, 5.74) is 1.15. The fraction of sp³-hybridized carbons (Fsp3) is 0.556. The predicted molar refractivity (Wildman–Crippen MR) is 90.9 cm³/mol. The van der Waals surface area contributed by atoms with Gasteiger partial charge >= 0.3 is 12.1 Å². The molecular formula is C18H26N2O4. The Morgan fingerprint density at radius 3 is 2.38 bits per heavy atom. The second-order valence-electron chi connectivity index (χ2n) is 6.94. The van der Waals surface area contributed by atoms with Crippen LogP contribution in [0.25, 0.3) is 0 Å². The standard InChI is InChI=1S/C18H26N2O4/c1-18(2,3)24-17(22)20-10-8-19(9-11-20)13-14-6-5-7-15(12-14)16(21)23-4/h5-7,12H,8-11,13H2,1-4H3. The fourth-order valence-corrected chi connectivity index (χ4v) is 2.59. The Labute approximate surface area is 143 Å². The molecule has 1 aliphatic heterocycles. The molecule has 0 spiro atoms. The third kappa shape index (κ3) is 5.23. The van der Waals surface area contributed by atoms with E-state index in [9.17, 15) is 9.59 Å². The first kappa shape index (κ1) is 18.3. The maximum atomic E-state index is 12.1. The number of hydrogen-bond donors (Lipinski definition) is 0. The van der Waals surface area contributed by atoms with E-state index in [1.807, 2.05) is 39.0 Å². The van der Waals surface area contributed by atoms with Gasteiger partial charge in [-0.05, 0) is 38.5 Å². The molecule has 0 aliphatic carbocycles. The molecule has 1 aromatic carbocycles. The molecule has 132 valence electrons. The van der Waals surface area contributed by atoms with Crippen LogP contribution in [-0.4, -0.2) is 60.8 Å². The third-order valence-corrected chi connectivity index (χ3v) is 3.78. The average molecular weight is 334 g/mol. The number of carbonyl (C=O) groups excluding carboxylic acids is 2. The molecular weight excluding hydrogens is 308 g/mol. The Kier molecular flexibility index (Phi) is 5.83. The van der Waals surface area contributed by atoms with Crippen molar-refractivity contribution in [2.24, 2.45) is 0 Å². The molecule has 1 saturated heterocycles. The monoisotopic (exact) mass is 334 g/mol. The quantitative estimate of drug-likeness (QED) is 0.795. The van der Waals surface area contributed by atoms with Crippen LogP contribution in [0.4, 0.5) is 4.79 Å². The molecule has 24 heavy (non-hydrogen) atoms. The zero-order chi connectivity index (χ0) is 17.7. The number of carbonyl (C=O) groups is 2. The van der Waals surface area contributed by atoms with Crippen molar-refractivity contribution in [3.8, 4) is 0 Å². The highest BCUT2D eigenvalue weighted by molar-refractivity contribution is 5.89. The lowest BCUT2D eigenvalue weighted by Crippen LogP contribution is -2.49. The number of benzene rings is 1. The molecule has 6 nitrogen and oxygen atoms in total. The summed E-state index contributed by atoms with van der Waals surface area (Å²) in [5, 5.41) is 0. The lowest BCUT2D eigenvalue weighted by Gasteiger charge is -2.35. The second-order valence-corrected chi connectivity index (χ2v) is 6.94. The van der Waals surface area contributed by atoms with Crippen LogP contribution in [0.1, 0.15) is 36.7 Å². The van der Waals surface area contributed by atoms with E-state index in [0.29, 0.717) is 18.7 Å². The van der Waals surface area contributed by atoms with Crippen LogP contribution in [0, 0.1) is 0 Å². The van der Waals surface area contributed by atoms with Crippen LogP contribution in [0.2, 0.25) is 0 Å². The Morgan fingerprint density at radius 1 is 1.12 bits per heavy atom. The minimum absolute atomic E-state index is 0.255. The summed E-state index contributed by atoms with van der Waals surface area (Å²) in [6.45, 7) is 9.20. The van der Waals surface area contributed by atoms with Crippen LogP contribution >= 0.6 is 0 Å². The van der Waals surface area contributed by atoms with Gasteiger partial charge in [0.05, 0.1) is 12.7 Å². The van der Waals surface area contributed by atoms with Crippen molar-refractivity contribution < 1.29 is 19.1 Å². The van der Waals surface area contributed by atoms with E-state index < -0.39 is 5.60 Å². The maximum absolute atomic E-state index is 12.1. The van der Waals surface area contributed by atoms with Gasteiger partial charge in [-0.25, -0.2) is 9.59 Å². The van der Waals surface area contributed by atoms with Crippen LogP contribution in [0.5, 0.6) is 0 Å². The minimum Gasteiger partial charge on any atom is -0.465 e. The van der Waals surface area contributed by atoms with Gasteiger partial charge in [-0.1, -0.05) is 12.1 Å². The number of methoxy groups -OCH3 is 1. The summed E-state index contributed by atoms with van der Waals surface area (Å²) in [5.74, 6) is -0.327. The molecule has 6 heteroatoms. The van der Waals surface area contributed by atoms with Crippen molar-refractivity contribution >= 4 is 12.1 Å². The molecule has 0 bridgehead atoms. The topological polar surface area (TPSA) is 59.1 Å². The number of ether oxygens (including phenoxy) is 2. The van der Waals surface area contributed by atoms with Crippen molar-refractivity contribution in [1.82, 2.24) is 9.80 Å². The van der Waals surface area contributed by atoms with Gasteiger partial charge in [-0.2, -0.15) is 0 Å². The molecule has 2 rings (SSSR count). The van der Waals surface area contributed by atoms with Gasteiger partial charge < -0.3 is 14.4 Å². The first-order valence-corrected chi connectivity index (χ1v) is 8.16. The number of rotatable bonds is 3. The van der Waals surface area contributed by atoms with Gasteiger partial charge in [0, 0.05) is 32.7 Å². The third-order valence-electron chi connectivity index (χ3n) is 3.78. The van der Waals surface area contributed by atoms with Crippen LogP contribution in [-0.2, 0) is 16.0 Å². The molecule has 1 heterocycles. The largest absolute Gasteiger partial charge is 0.465 e. The zero-order valence-corrected chi connectivity index (χ0v) is 14.9. The molecule has 0 atom stereocenters. The van der Waals surface area contributed by atoms with Gasteiger partial charge in [0.1, 0.15) is 5.60 Å². The number of hydrogen-bond acceptors (Lipinski definition) is 5. The van der Waals surface area contributed by atoms with Crippen molar-refractivity contribution in [2.75, 3.05) is 33.3 Å². The fourth-order valence-electron chi connectivity index (χ4n) is 2.59. The Hall–Kier alpha value is -2.08. The van der Waals surface area contributed by atoms with E-state index in [2.05, 4.69) is 4.90 Å². The summed E-state index contributed by atoms with van der Waals surface area (Å²) in [6, 6.07) is 7.45. The van der Waals surface area contributed by atoms with Gasteiger partial charge in [-0.15, -0.1) is 0 Å². The summed E-state index contributed by atoms with van der Waals surface area (Å²) in [7, 11) is 1.38. The van der Waals surface area contributed by atoms with E-state index in [1.54, 1.807) is 11.0 Å². The van der Waals surface area contributed by atoms with Gasteiger partial charge in [0.2, 0.25) is 0 Å². The van der Waals surface area contributed by atoms with Crippen LogP contribution < -0.4 is 0 Å². The number of amides is 1. The first-order chi connectivity index (χ1) is 11.3. The van der Waals surface area contributed by atoms with Gasteiger partial charge in [-0.3, -0.25) is 4.90 Å². The number of nitrogens with zero attached hydrogens (tertiary/aromatic N) is 2. The second kappa shape index (κ2) is 7.66. The zero-order valence-electron chi connectivity index (χ0n) is 14.9. The van der Waals surface area contributed by atoms with Crippen molar-refractivity contribution in [3.63, 3.8) is 0 Å². The smallest absolute Gasteiger partial charge is 0.410 e. The Balaban J connectivity index is 1.87. The summed E-state index contributed by atoms with van der Waals surface area (Å²) in [6.07, 6.45) is -0.255.